The van der Waals surface area contributed by atoms with Crippen LogP contribution in [0.15, 0.2) is 54.6 Å². The van der Waals surface area contributed by atoms with Crippen LogP contribution in [0.25, 0.3) is 12.2 Å². The first kappa shape index (κ1) is 24.5. The highest BCUT2D eigenvalue weighted by molar-refractivity contribution is 5.92. The van der Waals surface area contributed by atoms with E-state index >= 15 is 0 Å². The summed E-state index contributed by atoms with van der Waals surface area (Å²) in [5.74, 6) is -0.0939. The molecule has 0 radical (unpaired) electrons. The molecule has 0 fully saturated rings. The van der Waals surface area contributed by atoms with E-state index in [2.05, 4.69) is 10.6 Å². The molecule has 0 aliphatic carbocycles. The van der Waals surface area contributed by atoms with E-state index in [0.717, 1.165) is 5.56 Å². The van der Waals surface area contributed by atoms with E-state index in [4.69, 9.17) is 4.74 Å². The van der Waals surface area contributed by atoms with Crippen LogP contribution < -0.4 is 15.4 Å². The number of nitrogens with one attached hydrogen (secondary N) is 2. The predicted molar refractivity (Wildman–Crippen MR) is 122 cm³/mol. The van der Waals surface area contributed by atoms with Crippen molar-refractivity contribution in [3.8, 4) is 17.2 Å². The molecule has 0 saturated heterocycles. The van der Waals surface area contributed by atoms with Gasteiger partial charge in [0.15, 0.2) is 11.5 Å². The Bertz CT molecular complexity index is 953. The number of ether oxygens (including phenoxy) is 1. The number of aliphatic hydroxyl groups excluding tert-OH is 1. The minimum absolute atomic E-state index is 0.0210. The molecule has 0 aromatic heterocycles. The molecule has 0 heterocycles. The fourth-order valence-electron chi connectivity index (χ4n) is 2.71. The third-order valence-corrected chi connectivity index (χ3v) is 4.50. The number of carbonyl (C=O) groups excluding carboxylic acids is 2. The number of rotatable bonds is 11. The summed E-state index contributed by atoms with van der Waals surface area (Å²) in [5, 5.41) is 34.2. The third kappa shape index (κ3) is 8.93. The van der Waals surface area contributed by atoms with Gasteiger partial charge >= 0.3 is 0 Å². The maximum absolute atomic E-state index is 11.9. The molecule has 0 aliphatic heterocycles. The van der Waals surface area contributed by atoms with Crippen LogP contribution in [0.1, 0.15) is 24.0 Å². The zero-order chi connectivity index (χ0) is 23.3. The zero-order valence-corrected chi connectivity index (χ0v) is 17.8. The van der Waals surface area contributed by atoms with Gasteiger partial charge < -0.3 is 30.7 Å². The van der Waals surface area contributed by atoms with Gasteiger partial charge in [0.05, 0.1) is 13.2 Å². The summed E-state index contributed by atoms with van der Waals surface area (Å²) in [6.45, 7) is 0.592. The van der Waals surface area contributed by atoms with Crippen molar-refractivity contribution in [1.82, 2.24) is 10.6 Å². The van der Waals surface area contributed by atoms with Crippen LogP contribution >= 0.6 is 0 Å². The zero-order valence-electron chi connectivity index (χ0n) is 17.8. The van der Waals surface area contributed by atoms with E-state index in [1.807, 2.05) is 0 Å². The molecule has 0 aliphatic rings. The first-order valence-electron chi connectivity index (χ1n) is 10.1. The first-order chi connectivity index (χ1) is 15.4. The molecule has 0 bridgehead atoms. The molecule has 8 heteroatoms. The quantitative estimate of drug-likeness (QED) is 0.341. The van der Waals surface area contributed by atoms with Crippen molar-refractivity contribution in [2.75, 3.05) is 20.2 Å². The molecule has 1 unspecified atom stereocenters. The van der Waals surface area contributed by atoms with Crippen molar-refractivity contribution in [2.45, 2.75) is 18.9 Å². The summed E-state index contributed by atoms with van der Waals surface area (Å²) in [5.41, 5.74) is 1.48. The summed E-state index contributed by atoms with van der Waals surface area (Å²) < 4.78 is 5.02. The number of amides is 2. The van der Waals surface area contributed by atoms with Crippen molar-refractivity contribution in [2.24, 2.45) is 0 Å². The Morgan fingerprint density at radius 3 is 2.00 bits per heavy atom. The number of methoxy groups -OCH3 is 1. The van der Waals surface area contributed by atoms with Crippen LogP contribution in [0.4, 0.5) is 0 Å². The number of benzene rings is 2. The standard InChI is InChI=1S/C24H28N2O6/c1-32-22-16-18(4-9-21(22)29)6-11-24(31)26-15-13-20(28)12-14-25-23(30)10-5-17-2-7-19(27)8-3-17/h2-11,16,20,27-29H,12-15H2,1H3,(H,25,30)(H,26,31)/b10-5+,11-6+. The molecular formula is C24H28N2O6. The highest BCUT2D eigenvalue weighted by atomic mass is 16.5. The molecule has 2 aromatic rings. The average Bonchev–Trinajstić information content (AvgIpc) is 2.78. The largest absolute Gasteiger partial charge is 0.508 e. The monoisotopic (exact) mass is 440 g/mol. The van der Waals surface area contributed by atoms with Crippen molar-refractivity contribution in [3.05, 3.63) is 65.7 Å². The molecule has 0 spiro atoms. The van der Waals surface area contributed by atoms with Gasteiger partial charge in [-0.1, -0.05) is 18.2 Å². The second-order valence-electron chi connectivity index (χ2n) is 7.00. The molecule has 8 nitrogen and oxygen atoms in total. The number of aliphatic hydroxyl groups is 1. The number of carbonyl (C=O) groups is 2. The smallest absolute Gasteiger partial charge is 0.244 e. The molecule has 0 saturated carbocycles. The number of hydrogen-bond donors (Lipinski definition) is 5. The molecule has 2 amide bonds. The molecule has 32 heavy (non-hydrogen) atoms. The van der Waals surface area contributed by atoms with Crippen molar-refractivity contribution in [1.29, 1.82) is 0 Å². The molecule has 1 atom stereocenters. The molecule has 2 rings (SSSR count). The van der Waals surface area contributed by atoms with Gasteiger partial charge in [-0.2, -0.15) is 0 Å². The number of phenols is 2. The second kappa shape index (κ2) is 12.8. The summed E-state index contributed by atoms with van der Waals surface area (Å²) in [6, 6.07) is 11.2. The normalized spacial score (nSPS) is 12.1. The van der Waals surface area contributed by atoms with E-state index in [1.54, 1.807) is 36.4 Å². The molecule has 170 valence electrons. The highest BCUT2D eigenvalue weighted by Crippen LogP contribution is 2.26. The number of aromatic hydroxyl groups is 2. The minimum atomic E-state index is -0.665. The van der Waals surface area contributed by atoms with E-state index in [1.165, 1.54) is 37.5 Å². The lowest BCUT2D eigenvalue weighted by molar-refractivity contribution is -0.117. The maximum Gasteiger partial charge on any atom is 0.244 e. The number of hydrogen-bond acceptors (Lipinski definition) is 6. The molecule has 2 aromatic carbocycles. The van der Waals surface area contributed by atoms with Crippen molar-refractivity contribution < 1.29 is 29.6 Å². The van der Waals surface area contributed by atoms with Gasteiger partial charge in [0, 0.05) is 25.2 Å². The van der Waals surface area contributed by atoms with Crippen LogP contribution in [0.3, 0.4) is 0 Å². The Kier molecular flexibility index (Phi) is 9.80. The van der Waals surface area contributed by atoms with E-state index in [9.17, 15) is 24.9 Å². The fraction of sp³-hybridized carbons (Fsp3) is 0.250. The fourth-order valence-corrected chi connectivity index (χ4v) is 2.71. The lowest BCUT2D eigenvalue weighted by atomic mass is 10.1. The van der Waals surface area contributed by atoms with E-state index in [-0.39, 0.29) is 29.9 Å². The Labute approximate surface area is 186 Å². The van der Waals surface area contributed by atoms with Crippen LogP contribution in [0.2, 0.25) is 0 Å². The van der Waals surface area contributed by atoms with Gasteiger partial charge in [-0.3, -0.25) is 9.59 Å². The number of phenolic OH excluding ortho intramolecular Hbond substituents is 2. The summed E-state index contributed by atoms with van der Waals surface area (Å²) in [7, 11) is 1.44. The first-order valence-corrected chi connectivity index (χ1v) is 10.1. The van der Waals surface area contributed by atoms with Crippen molar-refractivity contribution >= 4 is 24.0 Å². The van der Waals surface area contributed by atoms with Gasteiger partial charge in [0.25, 0.3) is 0 Å². The lowest BCUT2D eigenvalue weighted by Crippen LogP contribution is -2.28. The Balaban J connectivity index is 1.62. The van der Waals surface area contributed by atoms with Gasteiger partial charge in [-0.15, -0.1) is 0 Å². The Hall–Kier alpha value is -3.78. The van der Waals surface area contributed by atoms with Crippen LogP contribution in [0, 0.1) is 0 Å². The highest BCUT2D eigenvalue weighted by Gasteiger charge is 2.06. The van der Waals surface area contributed by atoms with Gasteiger partial charge in [0.1, 0.15) is 5.75 Å². The van der Waals surface area contributed by atoms with Crippen LogP contribution in [-0.2, 0) is 9.59 Å². The minimum Gasteiger partial charge on any atom is -0.508 e. The average molecular weight is 440 g/mol. The van der Waals surface area contributed by atoms with E-state index in [0.29, 0.717) is 30.7 Å². The lowest BCUT2D eigenvalue weighted by Gasteiger charge is -2.11. The third-order valence-electron chi connectivity index (χ3n) is 4.50. The van der Waals surface area contributed by atoms with E-state index < -0.39 is 6.10 Å². The van der Waals surface area contributed by atoms with Gasteiger partial charge in [-0.05, 0) is 60.4 Å². The maximum atomic E-state index is 11.9. The second-order valence-corrected chi connectivity index (χ2v) is 7.00. The van der Waals surface area contributed by atoms with Gasteiger partial charge in [0.2, 0.25) is 11.8 Å². The van der Waals surface area contributed by atoms with Crippen LogP contribution in [-0.4, -0.2) is 53.4 Å². The SMILES string of the molecule is COc1cc(/C=C/C(=O)NCCC(O)CCNC(=O)/C=C/c2ccc(O)cc2)ccc1O. The Morgan fingerprint density at radius 1 is 0.906 bits per heavy atom. The van der Waals surface area contributed by atoms with Crippen molar-refractivity contribution in [3.63, 3.8) is 0 Å². The summed E-state index contributed by atoms with van der Waals surface area (Å²) in [4.78, 5) is 23.7. The molecule has 5 N–H and O–H groups in total. The predicted octanol–water partition coefficient (Wildman–Crippen LogP) is 2.21. The summed E-state index contributed by atoms with van der Waals surface area (Å²) >= 11 is 0. The topological polar surface area (TPSA) is 128 Å². The summed E-state index contributed by atoms with van der Waals surface area (Å²) in [6.07, 6.45) is 6.01. The molecular weight excluding hydrogens is 412 g/mol. The Morgan fingerprint density at radius 2 is 1.44 bits per heavy atom. The van der Waals surface area contributed by atoms with Crippen LogP contribution in [0.5, 0.6) is 17.2 Å². The van der Waals surface area contributed by atoms with Gasteiger partial charge in [-0.25, -0.2) is 0 Å².